The molecule has 1 aromatic carbocycles. The standard InChI is InChI=1S/C10H5BrF2N2O/c11-10-6(5-16)4-14-15(10)9-2-1-7(12)3-8(9)13/h1-5H. The lowest BCUT2D eigenvalue weighted by Crippen LogP contribution is -2.00. The Balaban J connectivity index is 2.58. The first-order chi connectivity index (χ1) is 7.63. The molecule has 1 aromatic heterocycles. The smallest absolute Gasteiger partial charge is 0.154 e. The van der Waals surface area contributed by atoms with E-state index in [0.717, 1.165) is 12.1 Å². The van der Waals surface area contributed by atoms with E-state index >= 15 is 0 Å². The minimum Gasteiger partial charge on any atom is -0.298 e. The molecule has 0 N–H and O–H groups in total. The summed E-state index contributed by atoms with van der Waals surface area (Å²) in [6.45, 7) is 0. The fraction of sp³-hybridized carbons (Fsp3) is 0. The normalized spacial score (nSPS) is 10.4. The number of aromatic nitrogens is 2. The quantitative estimate of drug-likeness (QED) is 0.796. The number of halogens is 3. The first-order valence-corrected chi connectivity index (χ1v) is 5.07. The third kappa shape index (κ3) is 1.76. The molecule has 0 amide bonds. The second-order valence-corrected chi connectivity index (χ2v) is 3.77. The number of hydrogen-bond acceptors (Lipinski definition) is 2. The maximum absolute atomic E-state index is 13.4. The van der Waals surface area contributed by atoms with E-state index in [4.69, 9.17) is 0 Å². The Morgan fingerprint density at radius 1 is 1.38 bits per heavy atom. The van der Waals surface area contributed by atoms with Crippen LogP contribution in [0.5, 0.6) is 0 Å². The second kappa shape index (κ2) is 4.13. The molecule has 82 valence electrons. The highest BCUT2D eigenvalue weighted by atomic mass is 79.9. The Kier molecular flexibility index (Phi) is 2.82. The van der Waals surface area contributed by atoms with Gasteiger partial charge in [-0.3, -0.25) is 4.79 Å². The zero-order valence-electron chi connectivity index (χ0n) is 7.82. The summed E-state index contributed by atoms with van der Waals surface area (Å²) in [4.78, 5) is 10.6. The van der Waals surface area contributed by atoms with Gasteiger partial charge in [-0.25, -0.2) is 13.5 Å². The van der Waals surface area contributed by atoms with Crippen LogP contribution in [0.1, 0.15) is 10.4 Å². The highest BCUT2D eigenvalue weighted by Crippen LogP contribution is 2.21. The summed E-state index contributed by atoms with van der Waals surface area (Å²) in [7, 11) is 0. The molecule has 1 heterocycles. The van der Waals surface area contributed by atoms with Gasteiger partial charge in [-0.2, -0.15) is 5.10 Å². The van der Waals surface area contributed by atoms with Crippen LogP contribution < -0.4 is 0 Å². The molecule has 0 atom stereocenters. The molecule has 0 radical (unpaired) electrons. The van der Waals surface area contributed by atoms with Crippen molar-refractivity contribution in [3.63, 3.8) is 0 Å². The summed E-state index contributed by atoms with van der Waals surface area (Å²) >= 11 is 3.11. The van der Waals surface area contributed by atoms with E-state index in [2.05, 4.69) is 21.0 Å². The van der Waals surface area contributed by atoms with Gasteiger partial charge in [0.15, 0.2) is 12.1 Å². The van der Waals surface area contributed by atoms with Gasteiger partial charge >= 0.3 is 0 Å². The van der Waals surface area contributed by atoms with Crippen LogP contribution in [-0.2, 0) is 0 Å². The lowest BCUT2D eigenvalue weighted by Gasteiger charge is -2.04. The number of rotatable bonds is 2. The monoisotopic (exact) mass is 286 g/mol. The van der Waals surface area contributed by atoms with E-state index in [1.54, 1.807) is 0 Å². The van der Waals surface area contributed by atoms with Gasteiger partial charge < -0.3 is 0 Å². The lowest BCUT2D eigenvalue weighted by atomic mass is 10.3. The maximum Gasteiger partial charge on any atom is 0.154 e. The van der Waals surface area contributed by atoms with Gasteiger partial charge in [0.25, 0.3) is 0 Å². The first kappa shape index (κ1) is 10.9. The largest absolute Gasteiger partial charge is 0.298 e. The zero-order chi connectivity index (χ0) is 11.7. The van der Waals surface area contributed by atoms with Crippen molar-refractivity contribution in [1.82, 2.24) is 9.78 Å². The topological polar surface area (TPSA) is 34.9 Å². The van der Waals surface area contributed by atoms with Crippen molar-refractivity contribution >= 4 is 22.2 Å². The predicted octanol–water partition coefficient (Wildman–Crippen LogP) is 2.73. The van der Waals surface area contributed by atoms with Gasteiger partial charge in [0.05, 0.1) is 11.8 Å². The van der Waals surface area contributed by atoms with Crippen molar-refractivity contribution < 1.29 is 13.6 Å². The van der Waals surface area contributed by atoms with Crippen molar-refractivity contribution in [3.05, 3.63) is 46.2 Å². The first-order valence-electron chi connectivity index (χ1n) is 4.27. The Hall–Kier alpha value is -1.56. The Labute approximate surface area is 97.8 Å². The maximum atomic E-state index is 13.4. The average molecular weight is 287 g/mol. The lowest BCUT2D eigenvalue weighted by molar-refractivity contribution is 0.112. The van der Waals surface area contributed by atoms with Crippen LogP contribution in [0.15, 0.2) is 29.0 Å². The van der Waals surface area contributed by atoms with E-state index in [1.807, 2.05) is 0 Å². The highest BCUT2D eigenvalue weighted by Gasteiger charge is 2.12. The van der Waals surface area contributed by atoms with E-state index in [-0.39, 0.29) is 5.69 Å². The molecule has 0 unspecified atom stereocenters. The summed E-state index contributed by atoms with van der Waals surface area (Å²) in [5.74, 6) is -1.42. The molecular weight excluding hydrogens is 282 g/mol. The SMILES string of the molecule is O=Cc1cnn(-c2ccc(F)cc2F)c1Br. The molecule has 0 spiro atoms. The number of benzene rings is 1. The zero-order valence-corrected chi connectivity index (χ0v) is 9.41. The molecule has 0 fully saturated rings. The fourth-order valence-corrected chi connectivity index (χ4v) is 1.72. The number of aldehydes is 1. The summed E-state index contributed by atoms with van der Waals surface area (Å²) in [6, 6.07) is 3.12. The Bertz CT molecular complexity index is 554. The van der Waals surface area contributed by atoms with Crippen molar-refractivity contribution in [2.45, 2.75) is 0 Å². The Morgan fingerprint density at radius 3 is 2.69 bits per heavy atom. The minimum absolute atomic E-state index is 0.0707. The molecule has 16 heavy (non-hydrogen) atoms. The van der Waals surface area contributed by atoms with E-state index in [0.29, 0.717) is 16.5 Å². The van der Waals surface area contributed by atoms with Gasteiger partial charge in [0.2, 0.25) is 0 Å². The van der Waals surface area contributed by atoms with Gasteiger partial charge in [0.1, 0.15) is 16.1 Å². The van der Waals surface area contributed by atoms with Crippen molar-refractivity contribution in [2.75, 3.05) is 0 Å². The van der Waals surface area contributed by atoms with Crippen LogP contribution in [0, 0.1) is 11.6 Å². The molecule has 2 aromatic rings. The fourth-order valence-electron chi connectivity index (χ4n) is 1.25. The molecule has 0 aliphatic rings. The van der Waals surface area contributed by atoms with Crippen LogP contribution in [0.2, 0.25) is 0 Å². The van der Waals surface area contributed by atoms with Crippen LogP contribution in [0.25, 0.3) is 5.69 Å². The number of carbonyl (C=O) groups excluding carboxylic acids is 1. The van der Waals surface area contributed by atoms with E-state index in [1.165, 1.54) is 16.9 Å². The van der Waals surface area contributed by atoms with E-state index in [9.17, 15) is 13.6 Å². The van der Waals surface area contributed by atoms with Crippen molar-refractivity contribution in [1.29, 1.82) is 0 Å². The molecule has 0 saturated heterocycles. The van der Waals surface area contributed by atoms with Gasteiger partial charge in [-0.1, -0.05) is 0 Å². The highest BCUT2D eigenvalue weighted by molar-refractivity contribution is 9.10. The summed E-state index contributed by atoms with van der Waals surface area (Å²) in [5, 5.41) is 3.82. The van der Waals surface area contributed by atoms with Crippen LogP contribution in [-0.4, -0.2) is 16.1 Å². The molecule has 0 aliphatic heterocycles. The molecule has 0 bridgehead atoms. The predicted molar refractivity (Wildman–Crippen MR) is 56.6 cm³/mol. The summed E-state index contributed by atoms with van der Waals surface area (Å²) in [6.07, 6.45) is 1.88. The summed E-state index contributed by atoms with van der Waals surface area (Å²) < 4.78 is 27.6. The molecule has 2 rings (SSSR count). The third-order valence-electron chi connectivity index (χ3n) is 2.00. The molecule has 6 heteroatoms. The van der Waals surface area contributed by atoms with Gasteiger partial charge in [-0.05, 0) is 28.1 Å². The molecular formula is C10H5BrF2N2O. The van der Waals surface area contributed by atoms with E-state index < -0.39 is 11.6 Å². The van der Waals surface area contributed by atoms with Crippen LogP contribution in [0.4, 0.5) is 8.78 Å². The average Bonchev–Trinajstić information content (AvgIpc) is 2.60. The van der Waals surface area contributed by atoms with Crippen molar-refractivity contribution in [2.24, 2.45) is 0 Å². The number of hydrogen-bond donors (Lipinski definition) is 0. The van der Waals surface area contributed by atoms with Crippen LogP contribution in [0.3, 0.4) is 0 Å². The van der Waals surface area contributed by atoms with Gasteiger partial charge in [0, 0.05) is 6.07 Å². The molecule has 0 saturated carbocycles. The number of nitrogens with zero attached hydrogens (tertiary/aromatic N) is 2. The second-order valence-electron chi connectivity index (χ2n) is 3.02. The van der Waals surface area contributed by atoms with Gasteiger partial charge in [-0.15, -0.1) is 0 Å². The summed E-state index contributed by atoms with van der Waals surface area (Å²) in [5.41, 5.74) is 0.366. The molecule has 0 aliphatic carbocycles. The third-order valence-corrected chi connectivity index (χ3v) is 2.80. The van der Waals surface area contributed by atoms with Crippen LogP contribution >= 0.6 is 15.9 Å². The van der Waals surface area contributed by atoms with Crippen molar-refractivity contribution in [3.8, 4) is 5.69 Å². The molecule has 3 nitrogen and oxygen atoms in total. The minimum atomic E-state index is -0.749. The number of carbonyl (C=O) groups is 1. The Morgan fingerprint density at radius 2 is 2.12 bits per heavy atom.